The van der Waals surface area contributed by atoms with E-state index in [4.69, 9.17) is 14.9 Å². The zero-order chi connectivity index (χ0) is 10.6. The van der Waals surface area contributed by atoms with Gasteiger partial charge in [0.15, 0.2) is 0 Å². The van der Waals surface area contributed by atoms with E-state index < -0.39 is 13.4 Å². The monoisotopic (exact) mass is 212 g/mol. The van der Waals surface area contributed by atoms with E-state index in [0.29, 0.717) is 5.56 Å². The van der Waals surface area contributed by atoms with Crippen LogP contribution in [0.15, 0.2) is 30.3 Å². The van der Waals surface area contributed by atoms with Crippen LogP contribution in [0.3, 0.4) is 0 Å². The largest absolute Gasteiger partial charge is 0.370 e. The zero-order valence-electron chi connectivity index (χ0n) is 7.16. The Morgan fingerprint density at radius 2 is 1.79 bits per heavy atom. The Morgan fingerprint density at radius 1 is 1.21 bits per heavy atom. The van der Waals surface area contributed by atoms with Crippen LogP contribution in [0.25, 0.3) is 0 Å². The van der Waals surface area contributed by atoms with Gasteiger partial charge in [0.25, 0.3) is 0 Å². The minimum Gasteiger partial charge on any atom is -0.370 e. The third-order valence-electron chi connectivity index (χ3n) is 1.44. The second-order valence-corrected chi connectivity index (χ2v) is 4.27. The van der Waals surface area contributed by atoms with Crippen LogP contribution < -0.4 is 0 Å². The van der Waals surface area contributed by atoms with Gasteiger partial charge in [0.2, 0.25) is 5.85 Å². The standard InChI is InChI=1S/C9H9O4P/c10-9(14(11,12)13)7-6-8-4-2-1-3-5-8/h1-5,9-10H,(H2,11,12,13). The highest BCUT2D eigenvalue weighted by atomic mass is 31.2. The highest BCUT2D eigenvalue weighted by molar-refractivity contribution is 7.52. The lowest BCUT2D eigenvalue weighted by Gasteiger charge is -2.03. The molecule has 4 nitrogen and oxygen atoms in total. The summed E-state index contributed by atoms with van der Waals surface area (Å²) in [5.74, 6) is 2.63. The summed E-state index contributed by atoms with van der Waals surface area (Å²) < 4.78 is 10.5. The second-order valence-electron chi connectivity index (χ2n) is 2.60. The predicted molar refractivity (Wildman–Crippen MR) is 51.4 cm³/mol. The molecule has 1 aromatic carbocycles. The first-order chi connectivity index (χ1) is 6.50. The molecule has 0 saturated carbocycles. The summed E-state index contributed by atoms with van der Waals surface area (Å²) in [7, 11) is -4.51. The molecule has 0 aliphatic rings. The number of aliphatic hydroxyl groups is 1. The van der Waals surface area contributed by atoms with Crippen molar-refractivity contribution in [2.45, 2.75) is 5.85 Å². The molecule has 1 aromatic rings. The zero-order valence-corrected chi connectivity index (χ0v) is 8.06. The third kappa shape index (κ3) is 3.33. The van der Waals surface area contributed by atoms with Gasteiger partial charge in [-0.25, -0.2) is 0 Å². The van der Waals surface area contributed by atoms with Gasteiger partial charge in [0, 0.05) is 5.56 Å². The summed E-state index contributed by atoms with van der Waals surface area (Å²) in [6.07, 6.45) is 0. The van der Waals surface area contributed by atoms with Gasteiger partial charge in [-0.3, -0.25) is 4.57 Å². The maximum Gasteiger partial charge on any atom is 0.366 e. The molecule has 1 unspecified atom stereocenters. The molecule has 0 aliphatic heterocycles. The first kappa shape index (κ1) is 11.0. The number of benzene rings is 1. The first-order valence-electron chi connectivity index (χ1n) is 3.80. The Bertz CT molecular complexity index is 398. The van der Waals surface area contributed by atoms with Crippen LogP contribution in [0, 0.1) is 11.8 Å². The SMILES string of the molecule is O=P(O)(O)C(O)C#Cc1ccccc1. The topological polar surface area (TPSA) is 77.8 Å². The van der Waals surface area contributed by atoms with E-state index in [1.165, 1.54) is 0 Å². The minimum absolute atomic E-state index is 0.597. The van der Waals surface area contributed by atoms with Crippen molar-refractivity contribution >= 4 is 7.60 Å². The fourth-order valence-corrected chi connectivity index (χ4v) is 0.986. The van der Waals surface area contributed by atoms with Gasteiger partial charge in [0.05, 0.1) is 0 Å². The smallest absolute Gasteiger partial charge is 0.366 e. The Labute approximate surface area is 81.4 Å². The Kier molecular flexibility index (Phi) is 3.45. The molecule has 0 bridgehead atoms. The van der Waals surface area contributed by atoms with Crippen molar-refractivity contribution in [3.8, 4) is 11.8 Å². The second kappa shape index (κ2) is 4.41. The highest BCUT2D eigenvalue weighted by Gasteiger charge is 2.23. The highest BCUT2D eigenvalue weighted by Crippen LogP contribution is 2.38. The lowest BCUT2D eigenvalue weighted by molar-refractivity contribution is 0.245. The molecule has 1 atom stereocenters. The maximum atomic E-state index is 10.5. The van der Waals surface area contributed by atoms with Gasteiger partial charge in [-0.1, -0.05) is 30.0 Å². The summed E-state index contributed by atoms with van der Waals surface area (Å²) in [6.45, 7) is 0. The van der Waals surface area contributed by atoms with Crippen LogP contribution in [0.5, 0.6) is 0 Å². The van der Waals surface area contributed by atoms with E-state index in [9.17, 15) is 4.57 Å². The summed E-state index contributed by atoms with van der Waals surface area (Å²) in [4.78, 5) is 17.0. The molecular weight excluding hydrogens is 203 g/mol. The van der Waals surface area contributed by atoms with Crippen molar-refractivity contribution in [2.24, 2.45) is 0 Å². The molecule has 0 heterocycles. The summed E-state index contributed by atoms with van der Waals surface area (Å²) in [5.41, 5.74) is 0.597. The number of aliphatic hydroxyl groups excluding tert-OH is 1. The predicted octanol–water partition coefficient (Wildman–Crippen LogP) is 0.534. The molecule has 0 spiro atoms. The minimum atomic E-state index is -4.51. The normalized spacial score (nSPS) is 12.8. The molecule has 0 saturated heterocycles. The summed E-state index contributed by atoms with van der Waals surface area (Å²) >= 11 is 0. The molecule has 0 aliphatic carbocycles. The van der Waals surface area contributed by atoms with E-state index >= 15 is 0 Å². The van der Waals surface area contributed by atoms with Crippen molar-refractivity contribution in [1.29, 1.82) is 0 Å². The van der Waals surface area contributed by atoms with E-state index in [0.717, 1.165) is 0 Å². The first-order valence-corrected chi connectivity index (χ1v) is 5.48. The van der Waals surface area contributed by atoms with Gasteiger partial charge in [-0.15, -0.1) is 0 Å². The molecule has 0 radical (unpaired) electrons. The van der Waals surface area contributed by atoms with Gasteiger partial charge < -0.3 is 14.9 Å². The van der Waals surface area contributed by atoms with Crippen molar-refractivity contribution in [3.63, 3.8) is 0 Å². The molecule has 0 fully saturated rings. The van der Waals surface area contributed by atoms with E-state index in [-0.39, 0.29) is 0 Å². The van der Waals surface area contributed by atoms with Crippen LogP contribution in [0.4, 0.5) is 0 Å². The van der Waals surface area contributed by atoms with E-state index in [1.54, 1.807) is 30.3 Å². The molecule has 1 rings (SSSR count). The van der Waals surface area contributed by atoms with Crippen LogP contribution in [0.2, 0.25) is 0 Å². The summed E-state index contributed by atoms with van der Waals surface area (Å²) in [5, 5.41) is 8.91. The Balaban J connectivity index is 2.80. The lowest BCUT2D eigenvalue weighted by atomic mass is 10.2. The Hall–Kier alpha value is -1.11. The van der Waals surface area contributed by atoms with Crippen LogP contribution >= 0.6 is 7.60 Å². The van der Waals surface area contributed by atoms with Crippen molar-refractivity contribution in [2.75, 3.05) is 0 Å². The molecule has 0 amide bonds. The number of rotatable bonds is 1. The van der Waals surface area contributed by atoms with E-state index in [2.05, 4.69) is 11.8 Å². The molecular formula is C9H9O4P. The quantitative estimate of drug-likeness (QED) is 0.468. The van der Waals surface area contributed by atoms with Crippen LogP contribution in [0.1, 0.15) is 5.56 Å². The van der Waals surface area contributed by atoms with Crippen molar-refractivity contribution in [3.05, 3.63) is 35.9 Å². The van der Waals surface area contributed by atoms with E-state index in [1.807, 2.05) is 0 Å². The lowest BCUT2D eigenvalue weighted by Crippen LogP contribution is -2.02. The number of hydrogen-bond acceptors (Lipinski definition) is 2. The third-order valence-corrected chi connectivity index (χ3v) is 2.20. The van der Waals surface area contributed by atoms with Crippen LogP contribution in [-0.4, -0.2) is 20.7 Å². The van der Waals surface area contributed by atoms with Gasteiger partial charge in [-0.2, -0.15) is 0 Å². The van der Waals surface area contributed by atoms with Crippen molar-refractivity contribution < 1.29 is 19.5 Å². The molecule has 5 heteroatoms. The number of hydrogen-bond donors (Lipinski definition) is 3. The fraction of sp³-hybridized carbons (Fsp3) is 0.111. The average Bonchev–Trinajstić information content (AvgIpc) is 2.14. The van der Waals surface area contributed by atoms with Crippen LogP contribution in [-0.2, 0) is 4.57 Å². The fourth-order valence-electron chi connectivity index (χ4n) is 0.753. The van der Waals surface area contributed by atoms with Gasteiger partial charge >= 0.3 is 7.60 Å². The summed E-state index contributed by atoms with van der Waals surface area (Å²) in [6, 6.07) is 8.64. The van der Waals surface area contributed by atoms with Gasteiger partial charge in [0.1, 0.15) is 0 Å². The average molecular weight is 212 g/mol. The van der Waals surface area contributed by atoms with Crippen molar-refractivity contribution in [1.82, 2.24) is 0 Å². The maximum absolute atomic E-state index is 10.5. The molecule has 0 aromatic heterocycles. The molecule has 3 N–H and O–H groups in total. The molecule has 14 heavy (non-hydrogen) atoms. The van der Waals surface area contributed by atoms with Gasteiger partial charge in [-0.05, 0) is 12.1 Å². The molecule has 74 valence electrons. The Morgan fingerprint density at radius 3 is 2.29 bits per heavy atom.